The Hall–Kier alpha value is -3.02. The number of amides is 1. The number of anilines is 1. The van der Waals surface area contributed by atoms with Crippen molar-refractivity contribution < 1.29 is 23.8 Å². The van der Waals surface area contributed by atoms with Crippen LogP contribution in [0.2, 0.25) is 0 Å². The van der Waals surface area contributed by atoms with Crippen molar-refractivity contribution in [3.63, 3.8) is 0 Å². The van der Waals surface area contributed by atoms with Crippen molar-refractivity contribution in [2.24, 2.45) is 0 Å². The molecular formula is C24H29NO5. The molecule has 2 aromatic rings. The van der Waals surface area contributed by atoms with Gasteiger partial charge >= 0.3 is 5.97 Å². The molecule has 0 bridgehead atoms. The molecule has 6 nitrogen and oxygen atoms in total. The summed E-state index contributed by atoms with van der Waals surface area (Å²) in [4.78, 5) is 24.0. The highest BCUT2D eigenvalue weighted by atomic mass is 16.6. The molecule has 0 saturated heterocycles. The van der Waals surface area contributed by atoms with Gasteiger partial charge in [0.15, 0.2) is 24.7 Å². The maximum atomic E-state index is 12.0. The fraction of sp³-hybridized carbons (Fsp3) is 0.417. The van der Waals surface area contributed by atoms with Crippen LogP contribution in [0.4, 0.5) is 5.69 Å². The van der Waals surface area contributed by atoms with Gasteiger partial charge in [-0.05, 0) is 49.9 Å². The summed E-state index contributed by atoms with van der Waals surface area (Å²) in [5.41, 5.74) is 2.63. The molecule has 3 rings (SSSR count). The van der Waals surface area contributed by atoms with Crippen molar-refractivity contribution in [2.45, 2.75) is 52.1 Å². The van der Waals surface area contributed by atoms with E-state index in [2.05, 4.69) is 19.2 Å². The average Bonchev–Trinajstić information content (AvgIpc) is 3.05. The number of hydrogen-bond donors (Lipinski definition) is 1. The number of carbonyl (C=O) groups excluding carboxylic acids is 2. The predicted molar refractivity (Wildman–Crippen MR) is 115 cm³/mol. The Bertz CT molecular complexity index is 904. The third-order valence-corrected chi connectivity index (χ3v) is 5.14. The second-order valence-corrected chi connectivity index (χ2v) is 8.21. The van der Waals surface area contributed by atoms with Crippen LogP contribution in [-0.2, 0) is 20.7 Å². The van der Waals surface area contributed by atoms with E-state index in [0.717, 1.165) is 18.4 Å². The van der Waals surface area contributed by atoms with E-state index in [1.54, 1.807) is 6.07 Å². The Morgan fingerprint density at radius 3 is 2.57 bits per heavy atom. The van der Waals surface area contributed by atoms with E-state index in [9.17, 15) is 9.59 Å². The van der Waals surface area contributed by atoms with Crippen LogP contribution < -0.4 is 14.8 Å². The first-order valence-electron chi connectivity index (χ1n) is 10.3. The lowest BCUT2D eigenvalue weighted by atomic mass is 9.99. The summed E-state index contributed by atoms with van der Waals surface area (Å²) in [5.74, 6) is 0.616. The zero-order chi connectivity index (χ0) is 21.7. The summed E-state index contributed by atoms with van der Waals surface area (Å²) >= 11 is 0. The largest absolute Gasteiger partial charge is 0.483 e. The van der Waals surface area contributed by atoms with Gasteiger partial charge in [-0.3, -0.25) is 4.79 Å². The standard InChI is InChI=1S/C24H29NO5/c1-5-16(2)17-9-11-19(12-10-17)25-21(26)14-29-22(27)15-28-20-8-6-7-18-13-24(3,4)30-23(18)20/h6-12,16H,5,13-15H2,1-4H3,(H,25,26)/t16-/m1/s1. The van der Waals surface area contributed by atoms with Crippen molar-refractivity contribution in [3.8, 4) is 11.5 Å². The second-order valence-electron chi connectivity index (χ2n) is 8.21. The lowest BCUT2D eigenvalue weighted by Gasteiger charge is -2.18. The van der Waals surface area contributed by atoms with Gasteiger partial charge < -0.3 is 19.5 Å². The van der Waals surface area contributed by atoms with E-state index in [4.69, 9.17) is 14.2 Å². The SMILES string of the molecule is CC[C@@H](C)c1ccc(NC(=O)COC(=O)COc2cccc3c2OC(C)(C)C3)cc1. The fourth-order valence-corrected chi connectivity index (χ4v) is 3.35. The fourth-order valence-electron chi connectivity index (χ4n) is 3.35. The number of hydrogen-bond acceptors (Lipinski definition) is 5. The third-order valence-electron chi connectivity index (χ3n) is 5.14. The number of ether oxygens (including phenoxy) is 3. The van der Waals surface area contributed by atoms with Crippen molar-refractivity contribution in [2.75, 3.05) is 18.5 Å². The van der Waals surface area contributed by atoms with E-state index in [1.165, 1.54) is 5.56 Å². The Labute approximate surface area is 177 Å². The normalized spacial score (nSPS) is 14.9. The molecule has 1 aliphatic heterocycles. The number of carbonyl (C=O) groups is 2. The highest BCUT2D eigenvalue weighted by Gasteiger charge is 2.32. The Morgan fingerprint density at radius 2 is 1.87 bits per heavy atom. The van der Waals surface area contributed by atoms with Gasteiger partial charge in [0.2, 0.25) is 0 Å². The number of para-hydroxylation sites is 1. The van der Waals surface area contributed by atoms with E-state index in [0.29, 0.717) is 23.1 Å². The van der Waals surface area contributed by atoms with Crippen LogP contribution in [0.25, 0.3) is 0 Å². The molecule has 0 radical (unpaired) electrons. The van der Waals surface area contributed by atoms with Crippen LogP contribution in [0, 0.1) is 0 Å². The minimum absolute atomic E-state index is 0.295. The molecule has 2 aromatic carbocycles. The van der Waals surface area contributed by atoms with E-state index in [-0.39, 0.29) is 18.8 Å². The summed E-state index contributed by atoms with van der Waals surface area (Å²) in [5, 5.41) is 2.72. The summed E-state index contributed by atoms with van der Waals surface area (Å²) in [6, 6.07) is 13.3. The van der Waals surface area contributed by atoms with E-state index < -0.39 is 11.9 Å². The molecule has 0 saturated carbocycles. The molecule has 0 unspecified atom stereocenters. The van der Waals surface area contributed by atoms with Gasteiger partial charge in [-0.15, -0.1) is 0 Å². The summed E-state index contributed by atoms with van der Waals surface area (Å²) in [6.07, 6.45) is 1.84. The number of esters is 1. The zero-order valence-corrected chi connectivity index (χ0v) is 18.0. The smallest absolute Gasteiger partial charge is 0.344 e. The molecule has 0 fully saturated rings. The number of benzene rings is 2. The summed E-state index contributed by atoms with van der Waals surface area (Å²) in [6.45, 7) is 7.63. The van der Waals surface area contributed by atoms with Crippen molar-refractivity contribution >= 4 is 17.6 Å². The molecule has 1 atom stereocenters. The maximum Gasteiger partial charge on any atom is 0.344 e. The molecule has 1 N–H and O–H groups in total. The molecule has 6 heteroatoms. The first-order chi connectivity index (χ1) is 14.3. The lowest BCUT2D eigenvalue weighted by Crippen LogP contribution is -2.25. The van der Waals surface area contributed by atoms with Crippen LogP contribution in [0.3, 0.4) is 0 Å². The summed E-state index contributed by atoms with van der Waals surface area (Å²) < 4.78 is 16.5. The van der Waals surface area contributed by atoms with Gasteiger partial charge in [0.1, 0.15) is 5.60 Å². The number of rotatable bonds is 8. The molecular weight excluding hydrogens is 382 g/mol. The monoisotopic (exact) mass is 411 g/mol. The Kier molecular flexibility index (Phi) is 6.65. The zero-order valence-electron chi connectivity index (χ0n) is 18.0. The molecule has 0 spiro atoms. The van der Waals surface area contributed by atoms with Crippen LogP contribution in [0.15, 0.2) is 42.5 Å². The molecule has 0 aromatic heterocycles. The molecule has 30 heavy (non-hydrogen) atoms. The molecule has 160 valence electrons. The molecule has 1 heterocycles. The van der Waals surface area contributed by atoms with Crippen LogP contribution in [-0.4, -0.2) is 30.7 Å². The van der Waals surface area contributed by atoms with E-state index in [1.807, 2.05) is 50.2 Å². The second kappa shape index (κ2) is 9.20. The predicted octanol–water partition coefficient (Wildman–Crippen LogP) is 4.47. The maximum absolute atomic E-state index is 12.0. The minimum Gasteiger partial charge on any atom is -0.483 e. The topological polar surface area (TPSA) is 73.9 Å². The quantitative estimate of drug-likeness (QED) is 0.649. The van der Waals surface area contributed by atoms with Crippen LogP contribution >= 0.6 is 0 Å². The van der Waals surface area contributed by atoms with Gasteiger partial charge in [0, 0.05) is 17.7 Å². The van der Waals surface area contributed by atoms with Gasteiger partial charge in [0.25, 0.3) is 5.91 Å². The minimum atomic E-state index is -0.618. The van der Waals surface area contributed by atoms with Crippen molar-refractivity contribution in [1.82, 2.24) is 0 Å². The number of nitrogens with one attached hydrogen (secondary N) is 1. The van der Waals surface area contributed by atoms with Gasteiger partial charge in [-0.25, -0.2) is 4.79 Å². The highest BCUT2D eigenvalue weighted by Crippen LogP contribution is 2.41. The van der Waals surface area contributed by atoms with Crippen LogP contribution in [0.5, 0.6) is 11.5 Å². The van der Waals surface area contributed by atoms with Gasteiger partial charge in [0.05, 0.1) is 0 Å². The van der Waals surface area contributed by atoms with Gasteiger partial charge in [-0.1, -0.05) is 38.1 Å². The Morgan fingerprint density at radius 1 is 1.13 bits per heavy atom. The van der Waals surface area contributed by atoms with E-state index >= 15 is 0 Å². The first kappa shape index (κ1) is 21.7. The van der Waals surface area contributed by atoms with Crippen molar-refractivity contribution in [3.05, 3.63) is 53.6 Å². The molecule has 1 amide bonds. The summed E-state index contributed by atoms with van der Waals surface area (Å²) in [7, 11) is 0. The number of fused-ring (bicyclic) bond motifs is 1. The van der Waals surface area contributed by atoms with Crippen LogP contribution in [0.1, 0.15) is 51.2 Å². The van der Waals surface area contributed by atoms with Gasteiger partial charge in [-0.2, -0.15) is 0 Å². The first-order valence-corrected chi connectivity index (χ1v) is 10.3. The third kappa shape index (κ3) is 5.53. The Balaban J connectivity index is 1.44. The average molecular weight is 411 g/mol. The molecule has 1 aliphatic rings. The lowest BCUT2D eigenvalue weighted by molar-refractivity contribution is -0.149. The molecule has 0 aliphatic carbocycles. The van der Waals surface area contributed by atoms with Crippen molar-refractivity contribution in [1.29, 1.82) is 0 Å². The highest BCUT2D eigenvalue weighted by molar-refractivity contribution is 5.92.